The maximum absolute atomic E-state index is 12.6. The second-order valence-electron chi connectivity index (χ2n) is 7.79. The van der Waals surface area contributed by atoms with E-state index < -0.39 is 17.6 Å². The number of aryl methyl sites for hydroxylation is 1. The molecule has 0 unspecified atom stereocenters. The summed E-state index contributed by atoms with van der Waals surface area (Å²) < 4.78 is 4.59. The number of methoxy groups -OCH3 is 1. The smallest absolute Gasteiger partial charge is 0.413 e. The number of nitrogens with zero attached hydrogens (tertiary/aromatic N) is 2. The zero-order valence-corrected chi connectivity index (χ0v) is 16.7. The molecular weight excluding hydrogens is 374 g/mol. The van der Waals surface area contributed by atoms with Gasteiger partial charge in [0.15, 0.2) is 0 Å². The van der Waals surface area contributed by atoms with Crippen LogP contribution in [-0.2, 0) is 16.0 Å². The Morgan fingerprint density at radius 3 is 2.83 bits per heavy atom. The van der Waals surface area contributed by atoms with Gasteiger partial charge in [0.2, 0.25) is 5.95 Å². The van der Waals surface area contributed by atoms with E-state index in [4.69, 9.17) is 0 Å². The van der Waals surface area contributed by atoms with E-state index >= 15 is 0 Å². The molecule has 0 spiro atoms. The Kier molecular flexibility index (Phi) is 4.42. The molecule has 0 fully saturated rings. The molecule has 1 amide bonds. The quantitative estimate of drug-likeness (QED) is 0.536. The van der Waals surface area contributed by atoms with Crippen molar-refractivity contribution < 1.29 is 19.4 Å². The largest absolute Gasteiger partial charge is 0.453 e. The SMILES string of the molecule is COC(=O)Nc1nc2ccc([C@@H]3c4c(n[nH]c4C)C[C@](C)(O)[C@H]3C(C)=O)cc2[nH]1. The van der Waals surface area contributed by atoms with Crippen LogP contribution in [0.5, 0.6) is 0 Å². The molecule has 9 heteroatoms. The molecule has 4 N–H and O–H groups in total. The van der Waals surface area contributed by atoms with Crippen LogP contribution in [0.25, 0.3) is 11.0 Å². The lowest BCUT2D eigenvalue weighted by atomic mass is 9.64. The fraction of sp³-hybridized carbons (Fsp3) is 0.400. The number of hydrogen-bond acceptors (Lipinski definition) is 6. The molecule has 4 rings (SSSR count). The van der Waals surface area contributed by atoms with Crippen LogP contribution in [0.3, 0.4) is 0 Å². The Bertz CT molecular complexity index is 1110. The Labute approximate surface area is 166 Å². The highest BCUT2D eigenvalue weighted by Gasteiger charge is 2.48. The number of amides is 1. The first-order valence-corrected chi connectivity index (χ1v) is 9.32. The molecule has 0 saturated carbocycles. The third kappa shape index (κ3) is 3.17. The number of hydrogen-bond donors (Lipinski definition) is 4. The zero-order valence-electron chi connectivity index (χ0n) is 16.7. The van der Waals surface area contributed by atoms with E-state index in [0.717, 1.165) is 22.5 Å². The summed E-state index contributed by atoms with van der Waals surface area (Å²) in [5, 5.41) is 20.9. The van der Waals surface area contributed by atoms with Crippen molar-refractivity contribution in [2.75, 3.05) is 12.4 Å². The van der Waals surface area contributed by atoms with E-state index in [0.29, 0.717) is 17.5 Å². The molecular formula is C20H23N5O4. The number of H-pyrrole nitrogens is 2. The summed E-state index contributed by atoms with van der Waals surface area (Å²) in [4.78, 5) is 31.4. The number of imidazole rings is 1. The summed E-state index contributed by atoms with van der Waals surface area (Å²) in [5.41, 5.74) is 3.60. The van der Waals surface area contributed by atoms with Gasteiger partial charge in [-0.25, -0.2) is 9.78 Å². The van der Waals surface area contributed by atoms with E-state index in [1.54, 1.807) is 6.92 Å². The lowest BCUT2D eigenvalue weighted by Crippen LogP contribution is -2.48. The highest BCUT2D eigenvalue weighted by atomic mass is 16.5. The monoisotopic (exact) mass is 397 g/mol. The molecule has 0 bridgehead atoms. The van der Waals surface area contributed by atoms with Crippen molar-refractivity contribution in [3.05, 3.63) is 40.7 Å². The van der Waals surface area contributed by atoms with Crippen LogP contribution in [0.4, 0.5) is 10.7 Å². The van der Waals surface area contributed by atoms with Gasteiger partial charge in [0.25, 0.3) is 0 Å². The number of aromatic nitrogens is 4. The van der Waals surface area contributed by atoms with Gasteiger partial charge in [0.05, 0.1) is 35.4 Å². The fourth-order valence-electron chi connectivity index (χ4n) is 4.47. The van der Waals surface area contributed by atoms with Crippen molar-refractivity contribution >= 4 is 28.9 Å². The average molecular weight is 397 g/mol. The van der Waals surface area contributed by atoms with E-state index in [-0.39, 0.29) is 17.6 Å². The van der Waals surface area contributed by atoms with E-state index in [9.17, 15) is 14.7 Å². The summed E-state index contributed by atoms with van der Waals surface area (Å²) >= 11 is 0. The number of nitrogens with one attached hydrogen (secondary N) is 3. The molecule has 0 aliphatic heterocycles. The third-order valence-corrected chi connectivity index (χ3v) is 5.62. The van der Waals surface area contributed by atoms with Gasteiger partial charge < -0.3 is 14.8 Å². The van der Waals surface area contributed by atoms with Crippen molar-refractivity contribution in [1.29, 1.82) is 0 Å². The molecule has 3 atom stereocenters. The summed E-state index contributed by atoms with van der Waals surface area (Å²) in [5.74, 6) is -0.777. The van der Waals surface area contributed by atoms with Gasteiger partial charge in [-0.3, -0.25) is 15.2 Å². The molecule has 2 aromatic heterocycles. The Hall–Kier alpha value is -3.20. The van der Waals surface area contributed by atoms with Gasteiger partial charge in [-0.1, -0.05) is 6.07 Å². The van der Waals surface area contributed by atoms with Gasteiger partial charge >= 0.3 is 6.09 Å². The number of rotatable bonds is 3. The first kappa shape index (κ1) is 19.1. The average Bonchev–Trinajstić information content (AvgIpc) is 3.21. The lowest BCUT2D eigenvalue weighted by Gasteiger charge is -2.41. The number of aromatic amines is 2. The van der Waals surface area contributed by atoms with Gasteiger partial charge in [-0.15, -0.1) is 0 Å². The molecule has 1 aromatic carbocycles. The molecule has 9 nitrogen and oxygen atoms in total. The number of aliphatic hydroxyl groups is 1. The molecule has 152 valence electrons. The van der Waals surface area contributed by atoms with E-state index in [2.05, 4.69) is 30.2 Å². The number of carbonyl (C=O) groups is 2. The molecule has 3 aromatic rings. The molecule has 1 aliphatic carbocycles. The first-order chi connectivity index (χ1) is 13.7. The summed E-state index contributed by atoms with van der Waals surface area (Å²) in [6.07, 6.45) is -0.310. The fourth-order valence-corrected chi connectivity index (χ4v) is 4.47. The topological polar surface area (TPSA) is 133 Å². The van der Waals surface area contributed by atoms with Crippen molar-refractivity contribution in [3.63, 3.8) is 0 Å². The second kappa shape index (κ2) is 6.70. The normalized spacial score (nSPS) is 23.6. The Morgan fingerprint density at radius 1 is 1.38 bits per heavy atom. The Morgan fingerprint density at radius 2 is 2.14 bits per heavy atom. The maximum Gasteiger partial charge on any atom is 0.413 e. The van der Waals surface area contributed by atoms with Crippen LogP contribution in [-0.4, -0.2) is 49.9 Å². The molecule has 29 heavy (non-hydrogen) atoms. The molecule has 2 heterocycles. The minimum atomic E-state index is -1.22. The zero-order chi connectivity index (χ0) is 20.9. The van der Waals surface area contributed by atoms with E-state index in [1.165, 1.54) is 14.0 Å². The number of ether oxygens (including phenoxy) is 1. The molecule has 0 radical (unpaired) electrons. The van der Waals surface area contributed by atoms with Gasteiger partial charge in [-0.2, -0.15) is 5.10 Å². The highest BCUT2D eigenvalue weighted by molar-refractivity contribution is 5.87. The number of fused-ring (bicyclic) bond motifs is 2. The predicted molar refractivity (Wildman–Crippen MR) is 106 cm³/mol. The van der Waals surface area contributed by atoms with Crippen molar-refractivity contribution in [2.45, 2.75) is 38.7 Å². The van der Waals surface area contributed by atoms with Gasteiger partial charge in [0, 0.05) is 23.6 Å². The number of anilines is 1. The van der Waals surface area contributed by atoms with Crippen LogP contribution >= 0.6 is 0 Å². The number of ketones is 1. The van der Waals surface area contributed by atoms with Crippen LogP contribution in [0.1, 0.15) is 42.3 Å². The van der Waals surface area contributed by atoms with Gasteiger partial charge in [-0.05, 0) is 38.5 Å². The molecule has 1 aliphatic rings. The molecule has 0 saturated heterocycles. The minimum absolute atomic E-state index is 0.0796. The minimum Gasteiger partial charge on any atom is -0.453 e. The highest BCUT2D eigenvalue weighted by Crippen LogP contribution is 2.47. The first-order valence-electron chi connectivity index (χ1n) is 9.32. The number of carbonyl (C=O) groups excluding carboxylic acids is 2. The summed E-state index contributed by atoms with van der Waals surface area (Å²) in [6.45, 7) is 5.12. The van der Waals surface area contributed by atoms with Crippen molar-refractivity contribution in [2.24, 2.45) is 5.92 Å². The standard InChI is InChI=1S/C20H23N5O4/c1-9-15-14(25-24-9)8-20(3,28)17(10(2)26)16(15)11-5-6-12-13(7-11)22-18(21-12)23-19(27)29-4/h5-7,16-17,28H,8H2,1-4H3,(H,24,25)(H2,21,22,23,27)/t16-,17+,20+/m1/s1. The predicted octanol–water partition coefficient (Wildman–Crippen LogP) is 2.42. The van der Waals surface area contributed by atoms with Crippen molar-refractivity contribution in [3.8, 4) is 0 Å². The second-order valence-corrected chi connectivity index (χ2v) is 7.79. The van der Waals surface area contributed by atoms with Crippen LogP contribution in [0.2, 0.25) is 0 Å². The van der Waals surface area contributed by atoms with Crippen LogP contribution in [0, 0.1) is 12.8 Å². The van der Waals surface area contributed by atoms with Crippen LogP contribution < -0.4 is 5.32 Å². The Balaban J connectivity index is 1.84. The van der Waals surface area contributed by atoms with Gasteiger partial charge in [0.1, 0.15) is 5.78 Å². The van der Waals surface area contributed by atoms with E-state index in [1.807, 2.05) is 25.1 Å². The lowest BCUT2D eigenvalue weighted by molar-refractivity contribution is -0.130. The number of Topliss-reactive ketones (excluding diaryl/α,β-unsaturated/α-hetero) is 1. The maximum atomic E-state index is 12.6. The van der Waals surface area contributed by atoms with Crippen molar-refractivity contribution in [1.82, 2.24) is 20.2 Å². The summed E-state index contributed by atoms with van der Waals surface area (Å²) in [7, 11) is 1.28. The summed E-state index contributed by atoms with van der Waals surface area (Å²) in [6, 6.07) is 5.60. The van der Waals surface area contributed by atoms with Crippen LogP contribution in [0.15, 0.2) is 18.2 Å². The third-order valence-electron chi connectivity index (χ3n) is 5.62. The number of benzene rings is 1.